The highest BCUT2D eigenvalue weighted by Crippen LogP contribution is 2.48. The fourth-order valence-corrected chi connectivity index (χ4v) is 5.18. The molecule has 1 heterocycles. The molecule has 5 nitrogen and oxygen atoms in total. The number of carbonyl (C=O) groups excluding carboxylic acids is 1. The second-order valence-corrected chi connectivity index (χ2v) is 11.3. The Morgan fingerprint density at radius 3 is 2.33 bits per heavy atom. The third-order valence-corrected chi connectivity index (χ3v) is 7.87. The molecule has 1 unspecified atom stereocenters. The molecule has 0 spiro atoms. The maximum absolute atomic E-state index is 12.9. The highest BCUT2D eigenvalue weighted by molar-refractivity contribution is 7.90. The number of hydrogen-bond acceptors (Lipinski definition) is 4. The lowest BCUT2D eigenvalue weighted by molar-refractivity contribution is -0.123. The molecule has 33 heavy (non-hydrogen) atoms. The van der Waals surface area contributed by atoms with Crippen LogP contribution in [0.5, 0.6) is 5.75 Å². The molecule has 7 heteroatoms. The van der Waals surface area contributed by atoms with E-state index in [1.807, 2.05) is 48.5 Å². The Morgan fingerprint density at radius 2 is 1.70 bits per heavy atom. The van der Waals surface area contributed by atoms with Crippen molar-refractivity contribution in [2.75, 3.05) is 12.8 Å². The minimum atomic E-state index is -3.22. The number of amides is 1. The van der Waals surface area contributed by atoms with Gasteiger partial charge in [-0.1, -0.05) is 41.9 Å². The summed E-state index contributed by atoms with van der Waals surface area (Å²) in [6, 6.07) is 20.4. The molecule has 2 aliphatic rings. The molecule has 1 aliphatic heterocycles. The molecule has 1 fully saturated rings. The number of ether oxygens (including phenoxy) is 1. The smallest absolute Gasteiger partial charge is 0.230 e. The van der Waals surface area contributed by atoms with Crippen molar-refractivity contribution in [3.05, 3.63) is 82.9 Å². The van der Waals surface area contributed by atoms with E-state index in [-0.39, 0.29) is 12.0 Å². The predicted octanol–water partition coefficient (Wildman–Crippen LogP) is 4.56. The number of sulfone groups is 1. The van der Waals surface area contributed by atoms with Gasteiger partial charge in [0.1, 0.15) is 11.9 Å². The highest BCUT2D eigenvalue weighted by atomic mass is 35.5. The van der Waals surface area contributed by atoms with Crippen LogP contribution in [0, 0.1) is 0 Å². The predicted molar refractivity (Wildman–Crippen MR) is 128 cm³/mol. The van der Waals surface area contributed by atoms with Gasteiger partial charge in [0, 0.05) is 17.7 Å². The van der Waals surface area contributed by atoms with E-state index in [1.54, 1.807) is 12.1 Å². The quantitative estimate of drug-likeness (QED) is 0.560. The van der Waals surface area contributed by atoms with Crippen molar-refractivity contribution in [1.29, 1.82) is 0 Å². The van der Waals surface area contributed by atoms with Gasteiger partial charge in [0.2, 0.25) is 5.91 Å². The number of hydrogen-bond donors (Lipinski definition) is 1. The summed E-state index contributed by atoms with van der Waals surface area (Å²) in [5.41, 5.74) is 3.59. The van der Waals surface area contributed by atoms with Gasteiger partial charge in [0.25, 0.3) is 0 Å². The van der Waals surface area contributed by atoms with Crippen molar-refractivity contribution in [3.63, 3.8) is 0 Å². The molecule has 170 valence electrons. The molecule has 3 aromatic carbocycles. The van der Waals surface area contributed by atoms with Crippen LogP contribution in [0.1, 0.15) is 24.0 Å². The zero-order valence-electron chi connectivity index (χ0n) is 18.2. The molecule has 1 N–H and O–H groups in total. The Hall–Kier alpha value is -2.83. The molecule has 0 saturated heterocycles. The molecular weight excluding hydrogens is 458 g/mol. The Bertz CT molecular complexity index is 1310. The normalized spacial score (nSPS) is 18.3. The lowest BCUT2D eigenvalue weighted by Gasteiger charge is -2.18. The second kappa shape index (κ2) is 8.19. The molecule has 0 aromatic heterocycles. The average Bonchev–Trinajstić information content (AvgIpc) is 3.50. The van der Waals surface area contributed by atoms with Crippen LogP contribution in [-0.2, 0) is 26.5 Å². The second-order valence-electron chi connectivity index (χ2n) is 8.86. The van der Waals surface area contributed by atoms with Gasteiger partial charge >= 0.3 is 0 Å². The first-order chi connectivity index (χ1) is 15.7. The number of fused-ring (bicyclic) bond motifs is 1. The third kappa shape index (κ3) is 4.37. The number of halogens is 1. The summed E-state index contributed by atoms with van der Waals surface area (Å²) in [5.74, 6) is 0.862. The summed E-state index contributed by atoms with van der Waals surface area (Å²) < 4.78 is 29.4. The van der Waals surface area contributed by atoms with Gasteiger partial charge < -0.3 is 10.1 Å². The van der Waals surface area contributed by atoms with Crippen LogP contribution < -0.4 is 10.1 Å². The maximum atomic E-state index is 12.9. The standard InChI is InChI=1S/C26H24ClNO4S/c1-33(30,31)23-9-2-17(3-10-23)18-4-11-24-19(14-18)15-22(32-24)16-28-25(29)26(12-13-26)20-5-7-21(27)8-6-20/h2-11,14,22H,12-13,15-16H2,1H3,(H,28,29). The average molecular weight is 482 g/mol. The van der Waals surface area contributed by atoms with Crippen molar-refractivity contribution in [3.8, 4) is 16.9 Å². The molecule has 1 amide bonds. The van der Waals surface area contributed by atoms with E-state index >= 15 is 0 Å². The lowest BCUT2D eigenvalue weighted by Crippen LogP contribution is -2.40. The number of nitrogens with one attached hydrogen (secondary N) is 1. The Morgan fingerprint density at radius 1 is 1.03 bits per heavy atom. The summed E-state index contributed by atoms with van der Waals surface area (Å²) in [4.78, 5) is 13.2. The SMILES string of the molecule is CS(=O)(=O)c1ccc(-c2ccc3c(c2)CC(CNC(=O)C2(c4ccc(Cl)cc4)CC2)O3)cc1. The van der Waals surface area contributed by atoms with Gasteiger partial charge in [-0.25, -0.2) is 8.42 Å². The third-order valence-electron chi connectivity index (χ3n) is 6.49. The molecule has 0 radical (unpaired) electrons. The number of rotatable bonds is 6. The monoisotopic (exact) mass is 481 g/mol. The summed E-state index contributed by atoms with van der Waals surface area (Å²) in [5, 5.41) is 3.75. The van der Waals surface area contributed by atoms with E-state index in [0.29, 0.717) is 22.9 Å². The van der Waals surface area contributed by atoms with Crippen LogP contribution in [0.25, 0.3) is 11.1 Å². The van der Waals surface area contributed by atoms with Gasteiger partial charge in [-0.15, -0.1) is 0 Å². The Labute approximate surface area is 198 Å². The van der Waals surface area contributed by atoms with Gasteiger partial charge in [0.15, 0.2) is 9.84 Å². The molecule has 1 atom stereocenters. The van der Waals surface area contributed by atoms with Crippen LogP contribution >= 0.6 is 11.6 Å². The van der Waals surface area contributed by atoms with Crippen molar-refractivity contribution < 1.29 is 17.9 Å². The van der Waals surface area contributed by atoms with E-state index in [1.165, 1.54) is 6.26 Å². The first kappa shape index (κ1) is 22.0. The van der Waals surface area contributed by atoms with Crippen LogP contribution in [0.3, 0.4) is 0 Å². The van der Waals surface area contributed by atoms with Crippen LogP contribution in [-0.4, -0.2) is 33.2 Å². The minimum Gasteiger partial charge on any atom is -0.488 e. The summed E-state index contributed by atoms with van der Waals surface area (Å²) in [6.07, 6.45) is 3.47. The zero-order chi connectivity index (χ0) is 23.2. The van der Waals surface area contributed by atoms with E-state index in [2.05, 4.69) is 11.4 Å². The largest absolute Gasteiger partial charge is 0.488 e. The molecule has 1 saturated carbocycles. The fraction of sp³-hybridized carbons (Fsp3) is 0.269. The molecule has 0 bridgehead atoms. The Kier molecular flexibility index (Phi) is 5.46. The number of carbonyl (C=O) groups is 1. The summed E-state index contributed by atoms with van der Waals surface area (Å²) in [7, 11) is -3.22. The topological polar surface area (TPSA) is 72.5 Å². The van der Waals surface area contributed by atoms with E-state index in [9.17, 15) is 13.2 Å². The molecule has 1 aliphatic carbocycles. The van der Waals surface area contributed by atoms with Gasteiger partial charge in [-0.2, -0.15) is 0 Å². The van der Waals surface area contributed by atoms with E-state index in [4.69, 9.17) is 16.3 Å². The van der Waals surface area contributed by atoms with Crippen LogP contribution in [0.2, 0.25) is 5.02 Å². The summed E-state index contributed by atoms with van der Waals surface area (Å²) in [6.45, 7) is 0.446. The lowest BCUT2D eigenvalue weighted by atomic mass is 9.95. The first-order valence-corrected chi connectivity index (χ1v) is 13.2. The molecule has 5 rings (SSSR count). The number of benzene rings is 3. The van der Waals surface area contributed by atoms with Crippen molar-refractivity contribution >= 4 is 27.3 Å². The summed E-state index contributed by atoms with van der Waals surface area (Å²) >= 11 is 5.99. The molecule has 3 aromatic rings. The Balaban J connectivity index is 1.23. The van der Waals surface area contributed by atoms with Crippen molar-refractivity contribution in [2.45, 2.75) is 35.7 Å². The van der Waals surface area contributed by atoms with E-state index < -0.39 is 15.3 Å². The maximum Gasteiger partial charge on any atom is 0.230 e. The highest BCUT2D eigenvalue weighted by Gasteiger charge is 2.51. The fourth-order valence-electron chi connectivity index (χ4n) is 4.42. The van der Waals surface area contributed by atoms with Crippen LogP contribution in [0.15, 0.2) is 71.6 Å². The van der Waals surface area contributed by atoms with E-state index in [0.717, 1.165) is 40.8 Å². The van der Waals surface area contributed by atoms with Gasteiger partial charge in [-0.05, 0) is 71.5 Å². The van der Waals surface area contributed by atoms with Gasteiger partial charge in [-0.3, -0.25) is 4.79 Å². The van der Waals surface area contributed by atoms with Crippen molar-refractivity contribution in [2.24, 2.45) is 0 Å². The minimum absolute atomic E-state index is 0.0380. The van der Waals surface area contributed by atoms with Crippen LogP contribution in [0.4, 0.5) is 0 Å². The molecular formula is C26H24ClNO4S. The van der Waals surface area contributed by atoms with Gasteiger partial charge in [0.05, 0.1) is 16.9 Å². The van der Waals surface area contributed by atoms with Crippen molar-refractivity contribution in [1.82, 2.24) is 5.32 Å². The first-order valence-electron chi connectivity index (χ1n) is 10.9. The zero-order valence-corrected chi connectivity index (χ0v) is 19.7.